The van der Waals surface area contributed by atoms with Crippen LogP contribution in [0.2, 0.25) is 0 Å². The summed E-state index contributed by atoms with van der Waals surface area (Å²) in [5.41, 5.74) is 3.08. The van der Waals surface area contributed by atoms with Crippen LogP contribution < -0.4 is 10.6 Å². The SMILES string of the molecule is Cc1nn(-c2ccc(F)cc2)cc1CNC1CCCC1C1COCCN1.Cl. The van der Waals surface area contributed by atoms with E-state index in [4.69, 9.17) is 4.74 Å². The number of rotatable bonds is 5. The molecule has 1 aromatic carbocycles. The average molecular weight is 395 g/mol. The van der Waals surface area contributed by atoms with Crippen molar-refractivity contribution < 1.29 is 9.13 Å². The summed E-state index contributed by atoms with van der Waals surface area (Å²) < 4.78 is 20.6. The van der Waals surface area contributed by atoms with Crippen molar-refractivity contribution in [2.24, 2.45) is 5.92 Å². The minimum atomic E-state index is -0.230. The van der Waals surface area contributed by atoms with Crippen molar-refractivity contribution in [1.29, 1.82) is 0 Å². The molecule has 2 aromatic rings. The summed E-state index contributed by atoms with van der Waals surface area (Å²) in [7, 11) is 0. The normalized spacial score (nSPS) is 25.3. The molecule has 0 amide bonds. The topological polar surface area (TPSA) is 51.1 Å². The number of ether oxygens (including phenoxy) is 1. The highest BCUT2D eigenvalue weighted by Crippen LogP contribution is 2.30. The van der Waals surface area contributed by atoms with Crippen molar-refractivity contribution in [3.8, 4) is 5.69 Å². The van der Waals surface area contributed by atoms with Crippen LogP contribution in [0.1, 0.15) is 30.5 Å². The fourth-order valence-corrected chi connectivity index (χ4v) is 4.22. The van der Waals surface area contributed by atoms with Gasteiger partial charge in [0.05, 0.1) is 24.6 Å². The van der Waals surface area contributed by atoms with E-state index >= 15 is 0 Å². The molecule has 1 saturated carbocycles. The Morgan fingerprint density at radius 2 is 2.11 bits per heavy atom. The number of benzene rings is 1. The van der Waals surface area contributed by atoms with Crippen molar-refractivity contribution >= 4 is 12.4 Å². The van der Waals surface area contributed by atoms with E-state index < -0.39 is 0 Å². The number of hydrogen-bond acceptors (Lipinski definition) is 4. The number of hydrogen-bond donors (Lipinski definition) is 2. The summed E-state index contributed by atoms with van der Waals surface area (Å²) in [6, 6.07) is 7.41. The van der Waals surface area contributed by atoms with Gasteiger partial charge in [-0.3, -0.25) is 0 Å². The Morgan fingerprint density at radius 3 is 2.85 bits per heavy atom. The van der Waals surface area contributed by atoms with Crippen molar-refractivity contribution in [3.05, 3.63) is 47.5 Å². The second-order valence-electron chi connectivity index (χ2n) is 7.38. The summed E-state index contributed by atoms with van der Waals surface area (Å²) in [6.07, 6.45) is 5.79. The Hall–Kier alpha value is -1.47. The quantitative estimate of drug-likeness (QED) is 0.818. The second kappa shape index (κ2) is 9.15. The molecular formula is C20H28ClFN4O. The molecule has 2 aliphatic rings. The molecule has 2 fully saturated rings. The summed E-state index contributed by atoms with van der Waals surface area (Å²) in [4.78, 5) is 0. The molecule has 2 N–H and O–H groups in total. The van der Waals surface area contributed by atoms with Crippen LogP contribution in [0.15, 0.2) is 30.5 Å². The molecule has 27 heavy (non-hydrogen) atoms. The molecule has 1 saturated heterocycles. The molecule has 7 heteroatoms. The fraction of sp³-hybridized carbons (Fsp3) is 0.550. The number of morpholine rings is 1. The molecule has 3 atom stereocenters. The minimum absolute atomic E-state index is 0. The molecular weight excluding hydrogens is 367 g/mol. The number of aryl methyl sites for hydroxylation is 1. The Bertz CT molecular complexity index is 730. The smallest absolute Gasteiger partial charge is 0.123 e. The standard InChI is InChI=1S/C20H27FN4O.ClH/c1-14-15(12-25(24-14)17-7-5-16(21)6-8-17)11-23-19-4-2-3-18(19)20-13-26-10-9-22-20;/h5-8,12,18-20,22-23H,2-4,9-11,13H2,1H3;1H. The number of nitrogens with zero attached hydrogens (tertiary/aromatic N) is 2. The largest absolute Gasteiger partial charge is 0.379 e. The average Bonchev–Trinajstić information content (AvgIpc) is 3.28. The van der Waals surface area contributed by atoms with E-state index in [-0.39, 0.29) is 18.2 Å². The van der Waals surface area contributed by atoms with Gasteiger partial charge in [0.15, 0.2) is 0 Å². The van der Waals surface area contributed by atoms with Gasteiger partial charge in [0.25, 0.3) is 0 Å². The lowest BCUT2D eigenvalue weighted by Gasteiger charge is -2.33. The molecule has 1 aromatic heterocycles. The first kappa shape index (κ1) is 20.3. The zero-order chi connectivity index (χ0) is 17.9. The monoisotopic (exact) mass is 394 g/mol. The number of aromatic nitrogens is 2. The summed E-state index contributed by atoms with van der Waals surface area (Å²) in [5.74, 6) is 0.398. The molecule has 0 bridgehead atoms. The van der Waals surface area contributed by atoms with Crippen LogP contribution in [-0.4, -0.2) is 41.6 Å². The lowest BCUT2D eigenvalue weighted by atomic mass is 9.94. The van der Waals surface area contributed by atoms with Gasteiger partial charge in [-0.1, -0.05) is 6.42 Å². The molecule has 0 radical (unpaired) electrons. The molecule has 2 heterocycles. The fourth-order valence-electron chi connectivity index (χ4n) is 4.22. The van der Waals surface area contributed by atoms with E-state index in [2.05, 4.69) is 15.7 Å². The van der Waals surface area contributed by atoms with E-state index in [1.165, 1.54) is 37.0 Å². The predicted octanol–water partition coefficient (Wildman–Crippen LogP) is 2.99. The minimum Gasteiger partial charge on any atom is -0.379 e. The molecule has 1 aliphatic heterocycles. The van der Waals surface area contributed by atoms with E-state index in [0.29, 0.717) is 18.0 Å². The molecule has 4 rings (SSSR count). The number of halogens is 2. The maximum atomic E-state index is 13.1. The van der Waals surface area contributed by atoms with Crippen molar-refractivity contribution in [1.82, 2.24) is 20.4 Å². The maximum absolute atomic E-state index is 13.1. The van der Waals surface area contributed by atoms with Gasteiger partial charge >= 0.3 is 0 Å². The molecule has 5 nitrogen and oxygen atoms in total. The van der Waals surface area contributed by atoms with Crippen LogP contribution in [0, 0.1) is 18.7 Å². The van der Waals surface area contributed by atoms with Crippen LogP contribution in [0.3, 0.4) is 0 Å². The first-order chi connectivity index (χ1) is 12.7. The van der Waals surface area contributed by atoms with Crippen LogP contribution in [-0.2, 0) is 11.3 Å². The molecule has 1 aliphatic carbocycles. The summed E-state index contributed by atoms with van der Waals surface area (Å²) in [5, 5.41) is 12.0. The third-order valence-electron chi connectivity index (χ3n) is 5.68. The van der Waals surface area contributed by atoms with Crippen LogP contribution in [0.25, 0.3) is 5.69 Å². The van der Waals surface area contributed by atoms with Gasteiger partial charge in [-0.2, -0.15) is 5.10 Å². The Labute approximate surface area is 166 Å². The van der Waals surface area contributed by atoms with Crippen molar-refractivity contribution in [2.75, 3.05) is 19.8 Å². The van der Waals surface area contributed by atoms with E-state index in [9.17, 15) is 4.39 Å². The Balaban J connectivity index is 0.00000210. The van der Waals surface area contributed by atoms with Gasteiger partial charge in [0.1, 0.15) is 5.82 Å². The summed E-state index contributed by atoms with van der Waals surface area (Å²) >= 11 is 0. The first-order valence-electron chi connectivity index (χ1n) is 9.56. The third-order valence-corrected chi connectivity index (χ3v) is 5.68. The van der Waals surface area contributed by atoms with Gasteiger partial charge in [-0.05, 0) is 49.9 Å². The van der Waals surface area contributed by atoms with E-state index in [0.717, 1.165) is 37.7 Å². The lowest BCUT2D eigenvalue weighted by Crippen LogP contribution is -2.50. The second-order valence-corrected chi connectivity index (χ2v) is 7.38. The maximum Gasteiger partial charge on any atom is 0.123 e. The summed E-state index contributed by atoms with van der Waals surface area (Å²) in [6.45, 7) is 5.44. The lowest BCUT2D eigenvalue weighted by molar-refractivity contribution is 0.0524. The molecule has 148 valence electrons. The van der Waals surface area contributed by atoms with E-state index in [1.54, 1.807) is 12.1 Å². The number of nitrogens with one attached hydrogen (secondary N) is 2. The van der Waals surface area contributed by atoms with Gasteiger partial charge in [0.2, 0.25) is 0 Å². The van der Waals surface area contributed by atoms with Gasteiger partial charge < -0.3 is 15.4 Å². The van der Waals surface area contributed by atoms with Gasteiger partial charge in [-0.25, -0.2) is 9.07 Å². The molecule has 3 unspecified atom stereocenters. The van der Waals surface area contributed by atoms with Gasteiger partial charge in [0, 0.05) is 36.9 Å². The van der Waals surface area contributed by atoms with E-state index in [1.807, 2.05) is 17.8 Å². The van der Waals surface area contributed by atoms with Crippen molar-refractivity contribution in [3.63, 3.8) is 0 Å². The van der Waals surface area contributed by atoms with Crippen LogP contribution in [0.4, 0.5) is 4.39 Å². The Morgan fingerprint density at radius 1 is 1.30 bits per heavy atom. The zero-order valence-electron chi connectivity index (χ0n) is 15.7. The van der Waals surface area contributed by atoms with Crippen molar-refractivity contribution in [2.45, 2.75) is 44.8 Å². The predicted molar refractivity (Wildman–Crippen MR) is 106 cm³/mol. The highest BCUT2D eigenvalue weighted by molar-refractivity contribution is 5.85. The highest BCUT2D eigenvalue weighted by Gasteiger charge is 2.34. The first-order valence-corrected chi connectivity index (χ1v) is 9.56. The van der Waals surface area contributed by atoms with Crippen LogP contribution in [0.5, 0.6) is 0 Å². The molecule has 0 spiro atoms. The van der Waals surface area contributed by atoms with Crippen LogP contribution >= 0.6 is 12.4 Å². The highest BCUT2D eigenvalue weighted by atomic mass is 35.5. The Kier molecular flexibility index (Phi) is 6.87. The van der Waals surface area contributed by atoms with Gasteiger partial charge in [-0.15, -0.1) is 12.4 Å². The third kappa shape index (κ3) is 4.69. The zero-order valence-corrected chi connectivity index (χ0v) is 16.5.